The van der Waals surface area contributed by atoms with Gasteiger partial charge in [-0.15, -0.1) is 0 Å². The lowest BCUT2D eigenvalue weighted by Crippen LogP contribution is -2.29. The Labute approximate surface area is 198 Å². The molecule has 0 saturated heterocycles. The highest BCUT2D eigenvalue weighted by Crippen LogP contribution is 2.16. The van der Waals surface area contributed by atoms with Crippen LogP contribution < -0.4 is 10.5 Å². The van der Waals surface area contributed by atoms with E-state index in [-0.39, 0.29) is 18.0 Å². The predicted molar refractivity (Wildman–Crippen MR) is 128 cm³/mol. The van der Waals surface area contributed by atoms with E-state index in [9.17, 15) is 8.42 Å². The number of aryl methyl sites for hydroxylation is 1. The van der Waals surface area contributed by atoms with Gasteiger partial charge in [0.05, 0.1) is 16.3 Å². The van der Waals surface area contributed by atoms with Gasteiger partial charge in [0.15, 0.2) is 5.82 Å². The van der Waals surface area contributed by atoms with E-state index in [1.54, 1.807) is 30.6 Å². The SMILES string of the molecule is Cc1cccc(-c2nccc(Cc3ccnc(Cc4cccc(S(=O)(=O)NCCN)c4)n3)n2)n1. The number of hydrogen-bond donors (Lipinski definition) is 2. The minimum absolute atomic E-state index is 0.183. The third kappa shape index (κ3) is 6.04. The number of hydrogen-bond acceptors (Lipinski definition) is 8. The highest BCUT2D eigenvalue weighted by Gasteiger charge is 2.14. The number of pyridine rings is 1. The zero-order valence-corrected chi connectivity index (χ0v) is 19.5. The van der Waals surface area contributed by atoms with Gasteiger partial charge in [0.1, 0.15) is 11.5 Å². The molecule has 3 aromatic heterocycles. The average Bonchev–Trinajstić information content (AvgIpc) is 2.83. The minimum atomic E-state index is -3.61. The van der Waals surface area contributed by atoms with Crippen LogP contribution in [0, 0.1) is 6.92 Å². The standard InChI is InChI=1S/C24H25N7O2S/c1-17-4-2-7-22(29-17)24-27-12-9-20(31-24)16-19-8-11-26-23(30-19)15-18-5-3-6-21(14-18)34(32,33)28-13-10-25/h2-9,11-12,14,28H,10,13,15-16,25H2,1H3. The molecule has 0 radical (unpaired) electrons. The molecule has 0 spiro atoms. The Morgan fingerprint density at radius 3 is 2.44 bits per heavy atom. The van der Waals surface area contributed by atoms with Crippen molar-refractivity contribution in [3.63, 3.8) is 0 Å². The maximum atomic E-state index is 12.4. The lowest BCUT2D eigenvalue weighted by atomic mass is 10.1. The van der Waals surface area contributed by atoms with Crippen molar-refractivity contribution < 1.29 is 8.42 Å². The van der Waals surface area contributed by atoms with Crippen molar-refractivity contribution in [2.45, 2.75) is 24.7 Å². The lowest BCUT2D eigenvalue weighted by molar-refractivity contribution is 0.582. The largest absolute Gasteiger partial charge is 0.329 e. The van der Waals surface area contributed by atoms with Crippen molar-refractivity contribution in [2.24, 2.45) is 5.73 Å². The summed E-state index contributed by atoms with van der Waals surface area (Å²) in [6.07, 6.45) is 4.32. The van der Waals surface area contributed by atoms with Crippen LogP contribution in [0.4, 0.5) is 0 Å². The van der Waals surface area contributed by atoms with E-state index in [2.05, 4.69) is 29.6 Å². The first-order valence-corrected chi connectivity index (χ1v) is 12.3. The molecule has 10 heteroatoms. The second kappa shape index (κ2) is 10.6. The molecule has 0 amide bonds. The Kier molecular flexibility index (Phi) is 7.31. The molecule has 0 fully saturated rings. The summed E-state index contributed by atoms with van der Waals surface area (Å²) in [6.45, 7) is 2.34. The maximum absolute atomic E-state index is 12.4. The Bertz CT molecular complexity index is 1390. The highest BCUT2D eigenvalue weighted by molar-refractivity contribution is 7.89. The van der Waals surface area contributed by atoms with Gasteiger partial charge in [0, 0.05) is 44.0 Å². The van der Waals surface area contributed by atoms with E-state index >= 15 is 0 Å². The number of nitrogens with zero attached hydrogens (tertiary/aromatic N) is 5. The Balaban J connectivity index is 1.50. The number of sulfonamides is 1. The predicted octanol–water partition coefficient (Wildman–Crippen LogP) is 2.06. The summed E-state index contributed by atoms with van der Waals surface area (Å²) in [5.74, 6) is 1.16. The van der Waals surface area contributed by atoms with Gasteiger partial charge in [-0.1, -0.05) is 18.2 Å². The molecule has 3 heterocycles. The van der Waals surface area contributed by atoms with Crippen LogP contribution >= 0.6 is 0 Å². The molecule has 0 atom stereocenters. The molecule has 4 aromatic rings. The smallest absolute Gasteiger partial charge is 0.240 e. The van der Waals surface area contributed by atoms with Gasteiger partial charge in [-0.2, -0.15) is 0 Å². The number of benzene rings is 1. The minimum Gasteiger partial charge on any atom is -0.329 e. The molecule has 9 nitrogen and oxygen atoms in total. The Hall–Kier alpha value is -3.60. The molecular formula is C24H25N7O2S. The summed E-state index contributed by atoms with van der Waals surface area (Å²) in [5.41, 5.74) is 9.45. The van der Waals surface area contributed by atoms with Crippen molar-refractivity contribution >= 4 is 10.0 Å². The van der Waals surface area contributed by atoms with Gasteiger partial charge in [-0.25, -0.2) is 38.1 Å². The van der Waals surface area contributed by atoms with Crippen molar-refractivity contribution in [1.29, 1.82) is 0 Å². The Morgan fingerprint density at radius 2 is 1.65 bits per heavy atom. The van der Waals surface area contributed by atoms with Gasteiger partial charge in [-0.05, 0) is 48.9 Å². The van der Waals surface area contributed by atoms with E-state index in [0.717, 1.165) is 28.3 Å². The van der Waals surface area contributed by atoms with E-state index in [0.29, 0.717) is 24.5 Å². The number of nitrogens with one attached hydrogen (secondary N) is 1. The summed E-state index contributed by atoms with van der Waals surface area (Å²) in [7, 11) is -3.61. The van der Waals surface area contributed by atoms with Gasteiger partial charge in [-0.3, -0.25) is 0 Å². The van der Waals surface area contributed by atoms with Gasteiger partial charge < -0.3 is 5.73 Å². The van der Waals surface area contributed by atoms with Crippen LogP contribution in [0.25, 0.3) is 11.5 Å². The molecule has 0 aliphatic rings. The molecule has 0 aliphatic heterocycles. The molecule has 174 valence electrons. The first-order chi connectivity index (χ1) is 16.4. The third-order valence-corrected chi connectivity index (χ3v) is 6.42. The molecule has 4 rings (SSSR count). The first kappa shape index (κ1) is 23.6. The van der Waals surface area contributed by atoms with Gasteiger partial charge >= 0.3 is 0 Å². The monoisotopic (exact) mass is 475 g/mol. The van der Waals surface area contributed by atoms with Gasteiger partial charge in [0.25, 0.3) is 0 Å². The fourth-order valence-electron chi connectivity index (χ4n) is 3.38. The van der Waals surface area contributed by atoms with Crippen molar-refractivity contribution in [1.82, 2.24) is 29.6 Å². The molecule has 0 aliphatic carbocycles. The third-order valence-electron chi connectivity index (χ3n) is 4.96. The zero-order valence-electron chi connectivity index (χ0n) is 18.7. The summed E-state index contributed by atoms with van der Waals surface area (Å²) in [5, 5.41) is 0. The van der Waals surface area contributed by atoms with Crippen LogP contribution in [0.5, 0.6) is 0 Å². The average molecular weight is 476 g/mol. The van der Waals surface area contributed by atoms with E-state index in [4.69, 9.17) is 5.73 Å². The second-order valence-electron chi connectivity index (χ2n) is 7.69. The van der Waals surface area contributed by atoms with Crippen LogP contribution in [0.15, 0.2) is 71.9 Å². The van der Waals surface area contributed by atoms with Crippen molar-refractivity contribution in [2.75, 3.05) is 13.1 Å². The quantitative estimate of drug-likeness (QED) is 0.375. The zero-order chi connectivity index (χ0) is 24.0. The maximum Gasteiger partial charge on any atom is 0.240 e. The summed E-state index contributed by atoms with van der Waals surface area (Å²) in [4.78, 5) is 22.7. The van der Waals surface area contributed by atoms with Crippen LogP contribution in [-0.2, 0) is 22.9 Å². The molecule has 3 N–H and O–H groups in total. The number of nitrogens with two attached hydrogens (primary N) is 1. The first-order valence-electron chi connectivity index (χ1n) is 10.8. The summed E-state index contributed by atoms with van der Waals surface area (Å²) in [6, 6.07) is 16.2. The van der Waals surface area contributed by atoms with Crippen LogP contribution in [0.3, 0.4) is 0 Å². The highest BCUT2D eigenvalue weighted by atomic mass is 32.2. The molecule has 0 bridgehead atoms. The summed E-state index contributed by atoms with van der Waals surface area (Å²) < 4.78 is 27.2. The number of aromatic nitrogens is 5. The van der Waals surface area contributed by atoms with Crippen LogP contribution in [0.2, 0.25) is 0 Å². The molecule has 0 saturated carbocycles. The fraction of sp³-hybridized carbons (Fsp3) is 0.208. The van der Waals surface area contributed by atoms with Crippen molar-refractivity contribution in [3.05, 3.63) is 95.5 Å². The molecule has 34 heavy (non-hydrogen) atoms. The van der Waals surface area contributed by atoms with Crippen LogP contribution in [-0.4, -0.2) is 46.4 Å². The van der Waals surface area contributed by atoms with E-state index < -0.39 is 10.0 Å². The Morgan fingerprint density at radius 1 is 0.882 bits per heavy atom. The molecular weight excluding hydrogens is 450 g/mol. The molecule has 1 aromatic carbocycles. The van der Waals surface area contributed by atoms with Crippen molar-refractivity contribution in [3.8, 4) is 11.5 Å². The number of rotatable bonds is 9. The van der Waals surface area contributed by atoms with Gasteiger partial charge in [0.2, 0.25) is 10.0 Å². The topological polar surface area (TPSA) is 137 Å². The van der Waals surface area contributed by atoms with E-state index in [1.165, 1.54) is 0 Å². The van der Waals surface area contributed by atoms with Crippen LogP contribution in [0.1, 0.15) is 28.5 Å². The fourth-order valence-corrected chi connectivity index (χ4v) is 4.50. The summed E-state index contributed by atoms with van der Waals surface area (Å²) >= 11 is 0. The second-order valence-corrected chi connectivity index (χ2v) is 9.45. The van der Waals surface area contributed by atoms with E-state index in [1.807, 2.05) is 43.3 Å². The normalized spacial score (nSPS) is 11.5. The lowest BCUT2D eigenvalue weighted by Gasteiger charge is -2.08. The molecule has 0 unspecified atom stereocenters.